The van der Waals surface area contributed by atoms with E-state index in [1.54, 1.807) is 7.11 Å². The lowest BCUT2D eigenvalue weighted by molar-refractivity contribution is -0.168. The molecule has 0 aliphatic heterocycles. The van der Waals surface area contributed by atoms with Crippen LogP contribution in [0.1, 0.15) is 72.1 Å². The van der Waals surface area contributed by atoms with Crippen molar-refractivity contribution in [3.8, 4) is 0 Å². The number of fused-ring (bicyclic) bond motifs is 5. The highest BCUT2D eigenvalue weighted by Crippen LogP contribution is 2.66. The van der Waals surface area contributed by atoms with Crippen molar-refractivity contribution in [1.29, 1.82) is 0 Å². The molecule has 4 rings (SSSR count). The van der Waals surface area contributed by atoms with Crippen LogP contribution in [0, 0.1) is 35.0 Å². The molecule has 0 aromatic rings. The Kier molecular flexibility index (Phi) is 4.45. The molecule has 0 amide bonds. The number of allylic oxidation sites excluding steroid dienone is 1. The molecule has 3 fully saturated rings. The molecular formula is C23H34O3. The molecule has 0 heterocycles. The second kappa shape index (κ2) is 6.29. The molecule has 0 aromatic heterocycles. The molecule has 7 atom stereocenters. The molecule has 0 saturated heterocycles. The minimum Gasteiger partial charge on any atom is -0.370 e. The number of ketones is 2. The number of methoxy groups -OCH3 is 1. The van der Waals surface area contributed by atoms with Gasteiger partial charge in [0, 0.05) is 25.4 Å². The predicted molar refractivity (Wildman–Crippen MR) is 102 cm³/mol. The fourth-order valence-electron chi connectivity index (χ4n) is 7.69. The molecule has 4 aliphatic carbocycles. The van der Waals surface area contributed by atoms with Gasteiger partial charge in [-0.05, 0) is 74.2 Å². The minimum atomic E-state index is -0.570. The molecule has 0 bridgehead atoms. The number of ether oxygens (including phenoxy) is 1. The Labute approximate surface area is 157 Å². The van der Waals surface area contributed by atoms with E-state index in [9.17, 15) is 9.59 Å². The SMILES string of the molecule is CCC(=O)[C@@]1(OC)CCC2C3CC(C)C4=CC(=O)CCC4C3CC[C@@]21C. The molecule has 3 heteroatoms. The first-order valence-corrected chi connectivity index (χ1v) is 10.7. The van der Waals surface area contributed by atoms with Crippen molar-refractivity contribution in [2.24, 2.45) is 35.0 Å². The average molecular weight is 359 g/mol. The number of Topliss-reactive ketones (excluding diaryl/α,β-unsaturated/α-hetero) is 1. The van der Waals surface area contributed by atoms with Crippen LogP contribution in [0.4, 0.5) is 0 Å². The Morgan fingerprint density at radius 2 is 2.00 bits per heavy atom. The lowest BCUT2D eigenvalue weighted by atomic mass is 9.49. The molecule has 5 unspecified atom stereocenters. The van der Waals surface area contributed by atoms with E-state index in [2.05, 4.69) is 13.8 Å². The highest BCUT2D eigenvalue weighted by Gasteiger charge is 2.65. The Bertz CT molecular complexity index is 650. The maximum atomic E-state index is 12.9. The first kappa shape index (κ1) is 18.4. The summed E-state index contributed by atoms with van der Waals surface area (Å²) in [5, 5.41) is 0. The van der Waals surface area contributed by atoms with Crippen molar-refractivity contribution in [2.45, 2.75) is 77.7 Å². The third-order valence-corrected chi connectivity index (χ3v) is 8.90. The molecule has 0 aromatic carbocycles. The Hall–Kier alpha value is -0.960. The molecule has 0 spiro atoms. The first-order chi connectivity index (χ1) is 12.4. The van der Waals surface area contributed by atoms with Gasteiger partial charge in [0.25, 0.3) is 0 Å². The van der Waals surface area contributed by atoms with Gasteiger partial charge >= 0.3 is 0 Å². The van der Waals surface area contributed by atoms with Crippen LogP contribution in [0.15, 0.2) is 11.6 Å². The highest BCUT2D eigenvalue weighted by atomic mass is 16.5. The summed E-state index contributed by atoms with van der Waals surface area (Å²) in [5.41, 5.74) is 0.840. The van der Waals surface area contributed by atoms with Gasteiger partial charge in [-0.1, -0.05) is 26.3 Å². The average Bonchev–Trinajstić information content (AvgIpc) is 2.95. The summed E-state index contributed by atoms with van der Waals surface area (Å²) in [6.07, 6.45) is 9.78. The van der Waals surface area contributed by atoms with Crippen LogP contribution in [0.25, 0.3) is 0 Å². The monoisotopic (exact) mass is 358 g/mol. The van der Waals surface area contributed by atoms with Gasteiger partial charge in [0.15, 0.2) is 11.6 Å². The van der Waals surface area contributed by atoms with Gasteiger partial charge in [0.1, 0.15) is 5.60 Å². The third kappa shape index (κ3) is 2.28. The fourth-order valence-corrected chi connectivity index (χ4v) is 7.69. The zero-order chi connectivity index (χ0) is 18.7. The van der Waals surface area contributed by atoms with E-state index in [0.717, 1.165) is 32.1 Å². The van der Waals surface area contributed by atoms with Crippen molar-refractivity contribution < 1.29 is 14.3 Å². The van der Waals surface area contributed by atoms with Gasteiger partial charge in [0.2, 0.25) is 0 Å². The number of hydrogen-bond acceptors (Lipinski definition) is 3. The smallest absolute Gasteiger partial charge is 0.164 e. The largest absolute Gasteiger partial charge is 0.370 e. The van der Waals surface area contributed by atoms with Crippen molar-refractivity contribution in [2.75, 3.05) is 7.11 Å². The second-order valence-corrected chi connectivity index (χ2v) is 9.63. The summed E-state index contributed by atoms with van der Waals surface area (Å²) < 4.78 is 6.05. The fraction of sp³-hybridized carbons (Fsp3) is 0.826. The highest BCUT2D eigenvalue weighted by molar-refractivity contribution is 5.91. The van der Waals surface area contributed by atoms with Crippen LogP contribution >= 0.6 is 0 Å². The summed E-state index contributed by atoms with van der Waals surface area (Å²) in [6.45, 7) is 6.64. The van der Waals surface area contributed by atoms with Crippen LogP contribution in [0.5, 0.6) is 0 Å². The number of carbonyl (C=O) groups excluding carboxylic acids is 2. The van der Waals surface area contributed by atoms with Crippen LogP contribution < -0.4 is 0 Å². The maximum absolute atomic E-state index is 12.9. The number of hydrogen-bond donors (Lipinski definition) is 0. The molecule has 26 heavy (non-hydrogen) atoms. The summed E-state index contributed by atoms with van der Waals surface area (Å²) >= 11 is 0. The van der Waals surface area contributed by atoms with E-state index in [4.69, 9.17) is 4.74 Å². The van der Waals surface area contributed by atoms with Crippen LogP contribution in [-0.4, -0.2) is 24.3 Å². The van der Waals surface area contributed by atoms with Crippen molar-refractivity contribution in [3.05, 3.63) is 11.6 Å². The van der Waals surface area contributed by atoms with E-state index < -0.39 is 5.60 Å². The van der Waals surface area contributed by atoms with Crippen molar-refractivity contribution in [3.63, 3.8) is 0 Å². The van der Waals surface area contributed by atoms with E-state index in [-0.39, 0.29) is 5.41 Å². The summed E-state index contributed by atoms with van der Waals surface area (Å²) in [6, 6.07) is 0. The molecule has 4 aliphatic rings. The number of carbonyl (C=O) groups is 2. The van der Waals surface area contributed by atoms with E-state index in [1.165, 1.54) is 18.4 Å². The van der Waals surface area contributed by atoms with Crippen LogP contribution in [-0.2, 0) is 14.3 Å². The molecule has 0 radical (unpaired) electrons. The molecule has 3 nitrogen and oxygen atoms in total. The lowest BCUT2D eigenvalue weighted by Gasteiger charge is -2.57. The zero-order valence-electron chi connectivity index (χ0n) is 16.8. The van der Waals surface area contributed by atoms with Crippen molar-refractivity contribution >= 4 is 11.6 Å². The molecule has 3 saturated carbocycles. The van der Waals surface area contributed by atoms with Gasteiger partial charge in [-0.3, -0.25) is 9.59 Å². The lowest BCUT2D eigenvalue weighted by Crippen LogP contribution is -2.57. The Morgan fingerprint density at radius 3 is 2.69 bits per heavy atom. The van der Waals surface area contributed by atoms with Gasteiger partial charge in [-0.25, -0.2) is 0 Å². The third-order valence-electron chi connectivity index (χ3n) is 8.90. The zero-order valence-corrected chi connectivity index (χ0v) is 16.8. The Balaban J connectivity index is 1.68. The molecular weight excluding hydrogens is 324 g/mol. The van der Waals surface area contributed by atoms with Gasteiger partial charge < -0.3 is 4.74 Å². The Morgan fingerprint density at radius 1 is 1.23 bits per heavy atom. The van der Waals surface area contributed by atoms with Gasteiger partial charge in [-0.15, -0.1) is 0 Å². The van der Waals surface area contributed by atoms with Crippen LogP contribution in [0.2, 0.25) is 0 Å². The van der Waals surface area contributed by atoms with Crippen molar-refractivity contribution in [1.82, 2.24) is 0 Å². The van der Waals surface area contributed by atoms with Gasteiger partial charge in [-0.2, -0.15) is 0 Å². The first-order valence-electron chi connectivity index (χ1n) is 10.7. The maximum Gasteiger partial charge on any atom is 0.164 e. The van der Waals surface area contributed by atoms with E-state index >= 15 is 0 Å². The summed E-state index contributed by atoms with van der Waals surface area (Å²) in [7, 11) is 1.75. The van der Waals surface area contributed by atoms with Crippen LogP contribution in [0.3, 0.4) is 0 Å². The predicted octanol–water partition coefficient (Wildman–Crippen LogP) is 4.74. The summed E-state index contributed by atoms with van der Waals surface area (Å²) in [4.78, 5) is 24.9. The second-order valence-electron chi connectivity index (χ2n) is 9.63. The molecule has 0 N–H and O–H groups in total. The van der Waals surface area contributed by atoms with E-state index in [1.807, 2.05) is 13.0 Å². The minimum absolute atomic E-state index is 0.0264. The van der Waals surface area contributed by atoms with Gasteiger partial charge in [0.05, 0.1) is 0 Å². The topological polar surface area (TPSA) is 43.4 Å². The number of rotatable bonds is 3. The van der Waals surface area contributed by atoms with E-state index in [0.29, 0.717) is 47.6 Å². The molecule has 144 valence electrons. The standard InChI is InChI=1S/C23H34O3/c1-5-21(25)23(26-4)11-9-20-19-12-14(2)18-13-15(24)6-7-16(18)17(19)8-10-22(20,23)3/h13-14,16-17,19-20H,5-12H2,1-4H3/t14?,16?,17?,19?,20?,22-,23-/m0/s1. The quantitative estimate of drug-likeness (QED) is 0.732. The normalized spacial score (nSPS) is 47.6. The summed E-state index contributed by atoms with van der Waals surface area (Å²) in [5.74, 6) is 3.70.